The Morgan fingerprint density at radius 2 is 2.05 bits per heavy atom. The summed E-state index contributed by atoms with van der Waals surface area (Å²) in [7, 11) is 0. The Bertz CT molecular complexity index is 476. The van der Waals surface area contributed by atoms with Gasteiger partial charge in [-0.25, -0.2) is 0 Å². The van der Waals surface area contributed by atoms with E-state index >= 15 is 0 Å². The maximum absolute atomic E-state index is 5.88. The van der Waals surface area contributed by atoms with E-state index in [2.05, 4.69) is 57.3 Å². The standard InChI is InChI=1S/C17H25NO/c1-12-11-19-15-8-6-5-7-14(15)17(12)9-13(17)10-18-16(2,3)4/h5-8,12-13,18H,9-11H2,1-4H3. The summed E-state index contributed by atoms with van der Waals surface area (Å²) in [6, 6.07) is 8.61. The van der Waals surface area contributed by atoms with Gasteiger partial charge >= 0.3 is 0 Å². The third-order valence-electron chi connectivity index (χ3n) is 4.79. The largest absolute Gasteiger partial charge is 0.493 e. The molecule has 1 heterocycles. The zero-order chi connectivity index (χ0) is 13.7. The summed E-state index contributed by atoms with van der Waals surface area (Å²) >= 11 is 0. The molecule has 3 unspecified atom stereocenters. The Labute approximate surface area is 116 Å². The fourth-order valence-corrected chi connectivity index (χ4v) is 3.57. The van der Waals surface area contributed by atoms with Crippen LogP contribution in [-0.2, 0) is 5.41 Å². The lowest BCUT2D eigenvalue weighted by Gasteiger charge is -2.33. The number of ether oxygens (including phenoxy) is 1. The van der Waals surface area contributed by atoms with Gasteiger partial charge in [0.25, 0.3) is 0 Å². The molecule has 1 aromatic rings. The molecule has 1 aromatic carbocycles. The minimum Gasteiger partial charge on any atom is -0.493 e. The summed E-state index contributed by atoms with van der Waals surface area (Å²) in [6.45, 7) is 11.0. The van der Waals surface area contributed by atoms with E-state index in [1.54, 1.807) is 0 Å². The van der Waals surface area contributed by atoms with Gasteiger partial charge in [0, 0.05) is 22.4 Å². The van der Waals surface area contributed by atoms with E-state index in [1.165, 1.54) is 12.0 Å². The molecule has 0 saturated heterocycles. The van der Waals surface area contributed by atoms with E-state index in [4.69, 9.17) is 4.74 Å². The monoisotopic (exact) mass is 259 g/mol. The lowest BCUT2D eigenvalue weighted by molar-refractivity contribution is 0.185. The highest BCUT2D eigenvalue weighted by Crippen LogP contribution is 2.62. The molecule has 0 amide bonds. The maximum Gasteiger partial charge on any atom is 0.123 e. The number of para-hydroxylation sites is 1. The Morgan fingerprint density at radius 1 is 1.32 bits per heavy atom. The van der Waals surface area contributed by atoms with E-state index in [9.17, 15) is 0 Å². The molecule has 1 saturated carbocycles. The highest BCUT2D eigenvalue weighted by atomic mass is 16.5. The van der Waals surface area contributed by atoms with Crippen molar-refractivity contribution in [1.29, 1.82) is 0 Å². The third kappa shape index (κ3) is 2.16. The SMILES string of the molecule is CC1COc2ccccc2C12CC2CNC(C)(C)C. The topological polar surface area (TPSA) is 21.3 Å². The van der Waals surface area contributed by atoms with Crippen LogP contribution in [0.15, 0.2) is 24.3 Å². The van der Waals surface area contributed by atoms with Crippen molar-refractivity contribution in [1.82, 2.24) is 5.32 Å². The Hall–Kier alpha value is -1.02. The van der Waals surface area contributed by atoms with Gasteiger partial charge < -0.3 is 10.1 Å². The summed E-state index contributed by atoms with van der Waals surface area (Å²) in [4.78, 5) is 0. The van der Waals surface area contributed by atoms with Crippen molar-refractivity contribution in [3.05, 3.63) is 29.8 Å². The van der Waals surface area contributed by atoms with Gasteiger partial charge in [0.05, 0.1) is 6.61 Å². The lowest BCUT2D eigenvalue weighted by Crippen LogP contribution is -2.39. The van der Waals surface area contributed by atoms with Crippen molar-refractivity contribution in [2.75, 3.05) is 13.2 Å². The molecule has 0 bridgehead atoms. The van der Waals surface area contributed by atoms with Gasteiger partial charge in [-0.3, -0.25) is 0 Å². The van der Waals surface area contributed by atoms with Crippen LogP contribution in [0.4, 0.5) is 0 Å². The molecule has 0 radical (unpaired) electrons. The van der Waals surface area contributed by atoms with Crippen LogP contribution in [0, 0.1) is 11.8 Å². The normalized spacial score (nSPS) is 32.8. The highest BCUT2D eigenvalue weighted by molar-refractivity contribution is 5.47. The molecule has 0 aromatic heterocycles. The Kier molecular flexibility index (Phi) is 2.90. The minimum absolute atomic E-state index is 0.206. The number of hydrogen-bond donors (Lipinski definition) is 1. The number of hydrogen-bond acceptors (Lipinski definition) is 2. The van der Waals surface area contributed by atoms with Crippen LogP contribution in [0.1, 0.15) is 39.7 Å². The minimum atomic E-state index is 0.206. The zero-order valence-corrected chi connectivity index (χ0v) is 12.5. The highest BCUT2D eigenvalue weighted by Gasteiger charge is 2.60. The molecule has 1 aliphatic heterocycles. The van der Waals surface area contributed by atoms with Crippen LogP contribution in [0.2, 0.25) is 0 Å². The van der Waals surface area contributed by atoms with Crippen LogP contribution in [-0.4, -0.2) is 18.7 Å². The van der Waals surface area contributed by atoms with Crippen LogP contribution in [0.25, 0.3) is 0 Å². The van der Waals surface area contributed by atoms with E-state index in [0.717, 1.165) is 24.8 Å². The summed E-state index contributed by atoms with van der Waals surface area (Å²) in [5.74, 6) is 2.49. The molecule has 104 valence electrons. The van der Waals surface area contributed by atoms with Gasteiger partial charge in [0.15, 0.2) is 0 Å². The van der Waals surface area contributed by atoms with Gasteiger partial charge in [0.2, 0.25) is 0 Å². The van der Waals surface area contributed by atoms with Crippen molar-refractivity contribution in [2.24, 2.45) is 11.8 Å². The fourth-order valence-electron chi connectivity index (χ4n) is 3.57. The van der Waals surface area contributed by atoms with Gasteiger partial charge in [-0.2, -0.15) is 0 Å². The third-order valence-corrected chi connectivity index (χ3v) is 4.79. The molecule has 1 fully saturated rings. The Morgan fingerprint density at radius 3 is 2.79 bits per heavy atom. The summed E-state index contributed by atoms with van der Waals surface area (Å²) in [5.41, 5.74) is 2.01. The molecule has 2 heteroatoms. The zero-order valence-electron chi connectivity index (χ0n) is 12.5. The number of benzene rings is 1. The molecular weight excluding hydrogens is 234 g/mol. The first kappa shape index (κ1) is 13.0. The second-order valence-electron chi connectivity index (χ2n) is 7.28. The number of fused-ring (bicyclic) bond motifs is 2. The molecule has 1 N–H and O–H groups in total. The molecule has 19 heavy (non-hydrogen) atoms. The molecule has 3 rings (SSSR count). The summed E-state index contributed by atoms with van der Waals surface area (Å²) < 4.78 is 5.88. The summed E-state index contributed by atoms with van der Waals surface area (Å²) in [5, 5.41) is 3.67. The first-order valence-corrected chi connectivity index (χ1v) is 7.41. The molecule has 1 spiro atoms. The second-order valence-corrected chi connectivity index (χ2v) is 7.28. The van der Waals surface area contributed by atoms with Crippen molar-refractivity contribution < 1.29 is 4.74 Å². The predicted molar refractivity (Wildman–Crippen MR) is 78.6 cm³/mol. The van der Waals surface area contributed by atoms with E-state index in [-0.39, 0.29) is 5.54 Å². The van der Waals surface area contributed by atoms with Crippen LogP contribution in [0.5, 0.6) is 5.75 Å². The van der Waals surface area contributed by atoms with Crippen molar-refractivity contribution in [2.45, 2.75) is 45.1 Å². The average molecular weight is 259 g/mol. The lowest BCUT2D eigenvalue weighted by atomic mass is 9.80. The van der Waals surface area contributed by atoms with E-state index in [1.807, 2.05) is 0 Å². The van der Waals surface area contributed by atoms with Gasteiger partial charge in [-0.05, 0) is 45.7 Å². The quantitative estimate of drug-likeness (QED) is 0.879. The molecule has 1 aliphatic carbocycles. The predicted octanol–water partition coefficient (Wildman–Crippen LogP) is 3.36. The first-order valence-electron chi connectivity index (χ1n) is 7.41. The molecule has 2 aliphatic rings. The second kappa shape index (κ2) is 4.24. The van der Waals surface area contributed by atoms with Crippen molar-refractivity contribution in [3.8, 4) is 5.75 Å². The van der Waals surface area contributed by atoms with E-state index in [0.29, 0.717) is 11.3 Å². The van der Waals surface area contributed by atoms with Crippen LogP contribution in [0.3, 0.4) is 0 Å². The maximum atomic E-state index is 5.88. The number of rotatable bonds is 2. The molecule has 3 atom stereocenters. The van der Waals surface area contributed by atoms with Gasteiger partial charge in [-0.15, -0.1) is 0 Å². The first-order chi connectivity index (χ1) is 8.93. The van der Waals surface area contributed by atoms with Crippen molar-refractivity contribution in [3.63, 3.8) is 0 Å². The Balaban J connectivity index is 1.82. The van der Waals surface area contributed by atoms with Crippen LogP contribution < -0.4 is 10.1 Å². The molecule has 2 nitrogen and oxygen atoms in total. The summed E-state index contributed by atoms with van der Waals surface area (Å²) in [6.07, 6.45) is 1.30. The van der Waals surface area contributed by atoms with E-state index < -0.39 is 0 Å². The smallest absolute Gasteiger partial charge is 0.123 e. The molecular formula is C17H25NO. The van der Waals surface area contributed by atoms with Crippen molar-refractivity contribution >= 4 is 0 Å². The van der Waals surface area contributed by atoms with Gasteiger partial charge in [0.1, 0.15) is 5.75 Å². The fraction of sp³-hybridized carbons (Fsp3) is 0.647. The average Bonchev–Trinajstić information content (AvgIpc) is 3.07. The van der Waals surface area contributed by atoms with Gasteiger partial charge in [-0.1, -0.05) is 25.1 Å². The van der Waals surface area contributed by atoms with Crippen LogP contribution >= 0.6 is 0 Å². The number of nitrogens with one attached hydrogen (secondary N) is 1.